The minimum absolute atomic E-state index is 0.360. The number of alkyl carbamates (subject to hydrolysis) is 1. The summed E-state index contributed by atoms with van der Waals surface area (Å²) in [6.07, 6.45) is 3.23. The summed E-state index contributed by atoms with van der Waals surface area (Å²) in [6, 6.07) is 8.33. The first-order chi connectivity index (χ1) is 11.4. The summed E-state index contributed by atoms with van der Waals surface area (Å²) in [4.78, 5) is 15.8. The second-order valence-electron chi connectivity index (χ2n) is 6.51. The molecule has 0 aliphatic rings. The number of rotatable bonds is 7. The first-order valence-corrected chi connectivity index (χ1v) is 8.98. The number of thiazole rings is 1. The lowest BCUT2D eigenvalue weighted by atomic mass is 10.1. The Hall–Kier alpha value is -2.08. The number of hydrogen-bond donors (Lipinski definition) is 2. The number of carbonyl (C=O) groups is 1. The second-order valence-corrected chi connectivity index (χ2v) is 7.49. The number of hydrogen-bond acceptors (Lipinski definition) is 5. The van der Waals surface area contributed by atoms with Crippen LogP contribution in [0.4, 0.5) is 10.5 Å². The van der Waals surface area contributed by atoms with Crippen molar-refractivity contribution >= 4 is 23.1 Å². The first kappa shape index (κ1) is 18.3. The van der Waals surface area contributed by atoms with Crippen LogP contribution >= 0.6 is 11.3 Å². The summed E-state index contributed by atoms with van der Waals surface area (Å²) in [5.74, 6) is 0. The van der Waals surface area contributed by atoms with Gasteiger partial charge in [-0.15, -0.1) is 11.3 Å². The molecule has 1 aromatic carbocycles. The highest BCUT2D eigenvalue weighted by Gasteiger charge is 2.15. The molecule has 0 aliphatic carbocycles. The largest absolute Gasteiger partial charge is 0.444 e. The lowest BCUT2D eigenvalue weighted by molar-refractivity contribution is 0.0527. The highest BCUT2D eigenvalue weighted by atomic mass is 32.1. The highest BCUT2D eigenvalue weighted by molar-refractivity contribution is 7.09. The van der Waals surface area contributed by atoms with Gasteiger partial charge in [0.15, 0.2) is 0 Å². The summed E-state index contributed by atoms with van der Waals surface area (Å²) in [7, 11) is 0. The topological polar surface area (TPSA) is 63.2 Å². The van der Waals surface area contributed by atoms with E-state index in [1.165, 1.54) is 5.56 Å². The van der Waals surface area contributed by atoms with Gasteiger partial charge in [-0.05, 0) is 51.3 Å². The molecule has 1 heterocycles. The molecule has 0 aliphatic heterocycles. The Morgan fingerprint density at radius 3 is 2.88 bits per heavy atom. The lowest BCUT2D eigenvalue weighted by Crippen LogP contribution is -2.33. The Morgan fingerprint density at radius 1 is 1.33 bits per heavy atom. The van der Waals surface area contributed by atoms with Crippen molar-refractivity contribution in [3.05, 3.63) is 46.4 Å². The van der Waals surface area contributed by atoms with Crippen LogP contribution in [0.2, 0.25) is 0 Å². The number of anilines is 1. The van der Waals surface area contributed by atoms with E-state index in [1.54, 1.807) is 11.3 Å². The van der Waals surface area contributed by atoms with Crippen LogP contribution in [0.25, 0.3) is 0 Å². The predicted molar refractivity (Wildman–Crippen MR) is 98.4 cm³/mol. The van der Waals surface area contributed by atoms with Crippen molar-refractivity contribution in [1.29, 1.82) is 0 Å². The molecule has 5 nitrogen and oxygen atoms in total. The van der Waals surface area contributed by atoms with Crippen molar-refractivity contribution in [2.75, 3.05) is 11.9 Å². The van der Waals surface area contributed by atoms with Crippen molar-refractivity contribution in [2.45, 2.75) is 45.8 Å². The molecule has 0 unspecified atom stereocenters. The summed E-state index contributed by atoms with van der Waals surface area (Å²) in [5, 5.41) is 9.21. The highest BCUT2D eigenvalue weighted by Crippen LogP contribution is 2.14. The van der Waals surface area contributed by atoms with Crippen molar-refractivity contribution in [2.24, 2.45) is 0 Å². The standard InChI is InChI=1S/C18H25N3O2S/c1-18(2,3)23-17(22)20-9-5-7-14-6-4-8-15(12-14)21-13-16-19-10-11-24-16/h4,6,8,10-12,21H,5,7,9,13H2,1-3H3,(H,20,22). The van der Waals surface area contributed by atoms with Crippen LogP contribution in [0.3, 0.4) is 0 Å². The van der Waals surface area contributed by atoms with Crippen LogP contribution in [0, 0.1) is 0 Å². The van der Waals surface area contributed by atoms with Crippen LogP contribution < -0.4 is 10.6 Å². The van der Waals surface area contributed by atoms with Gasteiger partial charge in [0.2, 0.25) is 0 Å². The SMILES string of the molecule is CC(C)(C)OC(=O)NCCCc1cccc(NCc2nccs2)c1. The average molecular weight is 347 g/mol. The van der Waals surface area contributed by atoms with Gasteiger partial charge >= 0.3 is 6.09 Å². The molecule has 0 radical (unpaired) electrons. The summed E-state index contributed by atoms with van der Waals surface area (Å²) >= 11 is 1.64. The molecule has 130 valence electrons. The Labute approximate surface area is 147 Å². The quantitative estimate of drug-likeness (QED) is 0.736. The zero-order valence-corrected chi connectivity index (χ0v) is 15.3. The van der Waals surface area contributed by atoms with Gasteiger partial charge in [-0.1, -0.05) is 12.1 Å². The molecular formula is C18H25N3O2S. The molecule has 0 saturated carbocycles. The van der Waals surface area contributed by atoms with Crippen molar-refractivity contribution in [1.82, 2.24) is 10.3 Å². The summed E-state index contributed by atoms with van der Waals surface area (Å²) in [6.45, 7) is 6.91. The van der Waals surface area contributed by atoms with Gasteiger partial charge in [0.25, 0.3) is 0 Å². The molecule has 0 atom stereocenters. The summed E-state index contributed by atoms with van der Waals surface area (Å²) in [5.41, 5.74) is 1.87. The molecule has 2 N–H and O–H groups in total. The molecule has 2 aromatic rings. The molecule has 0 fully saturated rings. The third kappa shape index (κ3) is 7.00. The van der Waals surface area contributed by atoms with Crippen molar-refractivity contribution < 1.29 is 9.53 Å². The van der Waals surface area contributed by atoms with Crippen LogP contribution in [0.1, 0.15) is 37.8 Å². The Balaban J connectivity index is 1.71. The fourth-order valence-electron chi connectivity index (χ4n) is 2.15. The zero-order valence-electron chi connectivity index (χ0n) is 14.5. The average Bonchev–Trinajstić information content (AvgIpc) is 3.02. The second kappa shape index (κ2) is 8.68. The van der Waals surface area contributed by atoms with E-state index >= 15 is 0 Å². The normalized spacial score (nSPS) is 11.1. The Bertz CT molecular complexity index is 636. The fraction of sp³-hybridized carbons (Fsp3) is 0.444. The Kier molecular flexibility index (Phi) is 6.61. The number of carbonyl (C=O) groups excluding carboxylic acids is 1. The van der Waals surface area contributed by atoms with E-state index in [9.17, 15) is 4.79 Å². The van der Waals surface area contributed by atoms with Crippen molar-refractivity contribution in [3.63, 3.8) is 0 Å². The van der Waals surface area contributed by atoms with Crippen LogP contribution in [0.15, 0.2) is 35.8 Å². The third-order valence-electron chi connectivity index (χ3n) is 3.16. The zero-order chi connectivity index (χ0) is 17.4. The van der Waals surface area contributed by atoms with Gasteiger partial charge in [-0.3, -0.25) is 0 Å². The number of amides is 1. The van der Waals surface area contributed by atoms with E-state index < -0.39 is 5.60 Å². The van der Waals surface area contributed by atoms with Gasteiger partial charge in [0.05, 0.1) is 6.54 Å². The molecular weight excluding hydrogens is 322 g/mol. The van der Waals surface area contributed by atoms with E-state index in [1.807, 2.05) is 38.4 Å². The maximum atomic E-state index is 11.6. The predicted octanol–water partition coefficient (Wildman–Crippen LogP) is 4.21. The molecule has 6 heteroatoms. The number of aromatic nitrogens is 1. The van der Waals surface area contributed by atoms with E-state index in [4.69, 9.17) is 4.74 Å². The van der Waals surface area contributed by atoms with Gasteiger partial charge in [0.1, 0.15) is 10.6 Å². The van der Waals surface area contributed by atoms with E-state index in [-0.39, 0.29) is 6.09 Å². The van der Waals surface area contributed by atoms with E-state index in [0.717, 1.165) is 30.1 Å². The number of aryl methyl sites for hydroxylation is 1. The molecule has 0 spiro atoms. The van der Waals surface area contributed by atoms with Gasteiger partial charge in [0, 0.05) is 23.8 Å². The maximum Gasteiger partial charge on any atom is 0.407 e. The number of nitrogens with one attached hydrogen (secondary N) is 2. The molecule has 1 aromatic heterocycles. The minimum Gasteiger partial charge on any atom is -0.444 e. The number of benzene rings is 1. The maximum absolute atomic E-state index is 11.6. The molecule has 0 bridgehead atoms. The van der Waals surface area contributed by atoms with Gasteiger partial charge in [-0.2, -0.15) is 0 Å². The molecule has 2 rings (SSSR count). The van der Waals surface area contributed by atoms with E-state index in [0.29, 0.717) is 6.54 Å². The monoisotopic (exact) mass is 347 g/mol. The van der Waals surface area contributed by atoms with Gasteiger partial charge < -0.3 is 15.4 Å². The van der Waals surface area contributed by atoms with Crippen LogP contribution in [-0.4, -0.2) is 23.2 Å². The van der Waals surface area contributed by atoms with Gasteiger partial charge in [-0.25, -0.2) is 9.78 Å². The van der Waals surface area contributed by atoms with Crippen molar-refractivity contribution in [3.8, 4) is 0 Å². The lowest BCUT2D eigenvalue weighted by Gasteiger charge is -2.19. The molecule has 0 saturated heterocycles. The molecule has 24 heavy (non-hydrogen) atoms. The minimum atomic E-state index is -0.457. The Morgan fingerprint density at radius 2 is 2.17 bits per heavy atom. The van der Waals surface area contributed by atoms with E-state index in [2.05, 4.69) is 33.8 Å². The third-order valence-corrected chi connectivity index (χ3v) is 3.94. The van der Waals surface area contributed by atoms with Crippen LogP contribution in [0.5, 0.6) is 0 Å². The van der Waals surface area contributed by atoms with Crippen LogP contribution in [-0.2, 0) is 17.7 Å². The number of nitrogens with zero attached hydrogens (tertiary/aromatic N) is 1. The first-order valence-electron chi connectivity index (χ1n) is 8.10. The number of ether oxygens (including phenoxy) is 1. The fourth-order valence-corrected chi connectivity index (χ4v) is 2.71. The smallest absolute Gasteiger partial charge is 0.407 e. The molecule has 1 amide bonds. The summed E-state index contributed by atoms with van der Waals surface area (Å²) < 4.78 is 5.21.